The molecule has 6 heteroatoms. The van der Waals surface area contributed by atoms with Crippen molar-refractivity contribution in [3.63, 3.8) is 0 Å². The first kappa shape index (κ1) is 22.1. The van der Waals surface area contributed by atoms with Crippen LogP contribution in [0.3, 0.4) is 0 Å². The van der Waals surface area contributed by atoms with E-state index in [1.807, 2.05) is 30.3 Å². The van der Waals surface area contributed by atoms with Gasteiger partial charge >= 0.3 is 0 Å². The summed E-state index contributed by atoms with van der Waals surface area (Å²) in [5.41, 5.74) is 1.33. The summed E-state index contributed by atoms with van der Waals surface area (Å²) in [5.74, 6) is -0.352. The second-order valence-electron chi connectivity index (χ2n) is 8.04. The molecule has 1 unspecified atom stereocenters. The Balaban J connectivity index is 1.64. The van der Waals surface area contributed by atoms with Crippen LogP contribution in [0.25, 0.3) is 0 Å². The summed E-state index contributed by atoms with van der Waals surface area (Å²) < 4.78 is 14.7. The van der Waals surface area contributed by atoms with Gasteiger partial charge in [0, 0.05) is 37.7 Å². The Morgan fingerprint density at radius 1 is 1.20 bits per heavy atom. The van der Waals surface area contributed by atoms with Gasteiger partial charge in [0.1, 0.15) is 11.4 Å². The molecule has 3 rings (SSSR count). The fourth-order valence-electron chi connectivity index (χ4n) is 3.90. The van der Waals surface area contributed by atoms with Crippen LogP contribution in [0, 0.1) is 0 Å². The van der Waals surface area contributed by atoms with Crippen LogP contribution >= 0.6 is 0 Å². The lowest BCUT2D eigenvalue weighted by Gasteiger charge is -2.30. The highest BCUT2D eigenvalue weighted by Gasteiger charge is 2.30. The van der Waals surface area contributed by atoms with Crippen molar-refractivity contribution in [2.75, 3.05) is 20.1 Å². The van der Waals surface area contributed by atoms with E-state index in [2.05, 4.69) is 15.6 Å². The monoisotopic (exact) mass is 411 g/mol. The number of hydrogen-bond acceptors (Lipinski definition) is 4. The van der Waals surface area contributed by atoms with Crippen molar-refractivity contribution in [3.8, 4) is 0 Å². The summed E-state index contributed by atoms with van der Waals surface area (Å²) in [7, 11) is 1.54. The molecule has 0 bridgehead atoms. The van der Waals surface area contributed by atoms with Crippen LogP contribution in [0.5, 0.6) is 0 Å². The number of amides is 1. The van der Waals surface area contributed by atoms with Gasteiger partial charge < -0.3 is 10.6 Å². The number of hydrogen-bond donors (Lipinski definition) is 2. The Hall–Kier alpha value is -2.60. The zero-order valence-electron chi connectivity index (χ0n) is 17.5. The van der Waals surface area contributed by atoms with Gasteiger partial charge in [0.05, 0.1) is 0 Å². The lowest BCUT2D eigenvalue weighted by molar-refractivity contribution is 0.0951. The molecule has 30 heavy (non-hydrogen) atoms. The van der Waals surface area contributed by atoms with Crippen molar-refractivity contribution in [1.29, 1.82) is 0 Å². The second-order valence-corrected chi connectivity index (χ2v) is 8.04. The number of halogens is 1. The molecule has 1 fully saturated rings. The lowest BCUT2D eigenvalue weighted by atomic mass is 9.90. The van der Waals surface area contributed by atoms with Gasteiger partial charge in [-0.2, -0.15) is 0 Å². The highest BCUT2D eigenvalue weighted by atomic mass is 19.1. The highest BCUT2D eigenvalue weighted by molar-refractivity contribution is 5.99. The normalized spacial score (nSPS) is 18.7. The third kappa shape index (κ3) is 6.20. The maximum atomic E-state index is 14.7. The highest BCUT2D eigenvalue weighted by Crippen LogP contribution is 2.27. The third-order valence-corrected chi connectivity index (χ3v) is 5.59. The number of unbranched alkanes of at least 4 members (excludes halogenated alkanes) is 1. The van der Waals surface area contributed by atoms with Crippen LogP contribution in [-0.2, 0) is 6.42 Å². The standard InChI is InChI=1S/C24H30FN3O2/c1-26-23(30)21-16-19(15-20(28-21)14-18-8-3-2-4-9-18)22(29)10-5-6-11-24(25)12-7-13-27-17-24/h2-4,8-9,15-16,27H,5-7,10-14,17H2,1H3,(H,26,30). The van der Waals surface area contributed by atoms with E-state index in [9.17, 15) is 14.0 Å². The Morgan fingerprint density at radius 2 is 2.00 bits per heavy atom. The number of nitrogens with one attached hydrogen (secondary N) is 2. The maximum absolute atomic E-state index is 14.7. The van der Waals surface area contributed by atoms with E-state index in [1.165, 1.54) is 0 Å². The molecule has 2 heterocycles. The average Bonchev–Trinajstić information content (AvgIpc) is 2.77. The number of piperidine rings is 1. The summed E-state index contributed by atoms with van der Waals surface area (Å²) in [5, 5.41) is 5.68. The van der Waals surface area contributed by atoms with Gasteiger partial charge in [0.15, 0.2) is 5.78 Å². The Kier molecular flexibility index (Phi) is 7.69. The molecule has 1 aromatic carbocycles. The Labute approximate surface area is 177 Å². The number of carbonyl (C=O) groups is 2. The first-order chi connectivity index (χ1) is 14.5. The van der Waals surface area contributed by atoms with Crippen LogP contribution in [-0.4, -0.2) is 42.5 Å². The van der Waals surface area contributed by atoms with Crippen molar-refractivity contribution in [3.05, 3.63) is 65.0 Å². The van der Waals surface area contributed by atoms with Crippen LogP contribution in [0.2, 0.25) is 0 Å². The van der Waals surface area contributed by atoms with Gasteiger partial charge in [-0.25, -0.2) is 9.37 Å². The van der Waals surface area contributed by atoms with E-state index in [-0.39, 0.29) is 17.4 Å². The van der Waals surface area contributed by atoms with E-state index in [4.69, 9.17) is 0 Å². The minimum atomic E-state index is -1.15. The number of aromatic nitrogens is 1. The molecule has 2 N–H and O–H groups in total. The van der Waals surface area contributed by atoms with E-state index < -0.39 is 5.67 Å². The van der Waals surface area contributed by atoms with E-state index >= 15 is 0 Å². The Morgan fingerprint density at radius 3 is 2.70 bits per heavy atom. The molecular formula is C24H30FN3O2. The minimum absolute atomic E-state index is 0.0356. The first-order valence-electron chi connectivity index (χ1n) is 10.7. The van der Waals surface area contributed by atoms with E-state index in [1.54, 1.807) is 19.2 Å². The molecule has 0 radical (unpaired) electrons. The molecule has 0 saturated carbocycles. The SMILES string of the molecule is CNC(=O)c1cc(C(=O)CCCCC2(F)CCCNC2)cc(Cc2ccccc2)n1. The summed E-state index contributed by atoms with van der Waals surface area (Å²) in [4.78, 5) is 29.3. The lowest BCUT2D eigenvalue weighted by Crippen LogP contribution is -2.42. The van der Waals surface area contributed by atoms with Gasteiger partial charge in [-0.15, -0.1) is 0 Å². The number of benzene rings is 1. The number of rotatable bonds is 9. The number of carbonyl (C=O) groups excluding carboxylic acids is 2. The summed E-state index contributed by atoms with van der Waals surface area (Å²) in [6, 6.07) is 13.1. The minimum Gasteiger partial charge on any atom is -0.354 e. The number of pyridine rings is 1. The third-order valence-electron chi connectivity index (χ3n) is 5.59. The van der Waals surface area contributed by atoms with Gasteiger partial charge in [0.25, 0.3) is 5.91 Å². The van der Waals surface area contributed by atoms with E-state index in [0.29, 0.717) is 56.3 Å². The fraction of sp³-hybridized carbons (Fsp3) is 0.458. The quantitative estimate of drug-likeness (QED) is 0.485. The summed E-state index contributed by atoms with van der Waals surface area (Å²) in [6.45, 7) is 1.29. The molecule has 2 aromatic rings. The predicted octanol–water partition coefficient (Wildman–Crippen LogP) is 3.87. The summed E-state index contributed by atoms with van der Waals surface area (Å²) >= 11 is 0. The van der Waals surface area contributed by atoms with Gasteiger partial charge in [-0.05, 0) is 56.3 Å². The Bertz CT molecular complexity index is 864. The van der Waals surface area contributed by atoms with Crippen LogP contribution in [0.15, 0.2) is 42.5 Å². The molecule has 5 nitrogen and oxygen atoms in total. The van der Waals surface area contributed by atoms with Crippen molar-refractivity contribution in [1.82, 2.24) is 15.6 Å². The predicted molar refractivity (Wildman–Crippen MR) is 116 cm³/mol. The molecule has 1 aliphatic heterocycles. The van der Waals surface area contributed by atoms with Crippen molar-refractivity contribution < 1.29 is 14.0 Å². The molecule has 1 aromatic heterocycles. The molecular weight excluding hydrogens is 381 g/mol. The van der Waals surface area contributed by atoms with Gasteiger partial charge in [-0.1, -0.05) is 30.3 Å². The fourth-order valence-corrected chi connectivity index (χ4v) is 3.90. The maximum Gasteiger partial charge on any atom is 0.269 e. The number of ketones is 1. The smallest absolute Gasteiger partial charge is 0.269 e. The molecule has 160 valence electrons. The molecule has 0 aliphatic carbocycles. The number of nitrogens with zero attached hydrogens (tertiary/aromatic N) is 1. The van der Waals surface area contributed by atoms with E-state index in [0.717, 1.165) is 18.5 Å². The molecule has 1 amide bonds. The zero-order chi connectivity index (χ0) is 21.4. The number of Topliss-reactive ketones (excluding diaryl/α,β-unsaturated/α-hetero) is 1. The van der Waals surface area contributed by atoms with Gasteiger partial charge in [0.2, 0.25) is 0 Å². The van der Waals surface area contributed by atoms with Crippen LogP contribution < -0.4 is 10.6 Å². The molecule has 0 spiro atoms. The molecule has 1 atom stereocenters. The van der Waals surface area contributed by atoms with Crippen LogP contribution in [0.1, 0.15) is 70.6 Å². The first-order valence-corrected chi connectivity index (χ1v) is 10.7. The van der Waals surface area contributed by atoms with Crippen molar-refractivity contribution in [2.45, 2.75) is 50.6 Å². The second kappa shape index (κ2) is 10.4. The summed E-state index contributed by atoms with van der Waals surface area (Å²) in [6.07, 6.45) is 4.13. The van der Waals surface area contributed by atoms with Crippen molar-refractivity contribution in [2.24, 2.45) is 0 Å². The average molecular weight is 412 g/mol. The topological polar surface area (TPSA) is 71.1 Å². The zero-order valence-corrected chi connectivity index (χ0v) is 17.5. The molecule has 1 saturated heterocycles. The van der Waals surface area contributed by atoms with Gasteiger partial charge in [-0.3, -0.25) is 9.59 Å². The van der Waals surface area contributed by atoms with Crippen molar-refractivity contribution >= 4 is 11.7 Å². The van der Waals surface area contributed by atoms with Crippen LogP contribution in [0.4, 0.5) is 4.39 Å². The largest absolute Gasteiger partial charge is 0.354 e. The number of alkyl halides is 1. The molecule has 1 aliphatic rings.